The third-order valence-corrected chi connectivity index (χ3v) is 6.35. The number of carbonyl (C=O) groups is 1. The number of halogens is 1. The van der Waals surface area contributed by atoms with Crippen molar-refractivity contribution in [2.45, 2.75) is 38.0 Å². The molecule has 3 aromatic carbocycles. The molecule has 3 rings (SSSR count). The molecule has 0 saturated carbocycles. The molecule has 0 unspecified atom stereocenters. The lowest BCUT2D eigenvalue weighted by molar-refractivity contribution is -0.118. The standard InChI is InChI=1S/C25H27FN2O4S/c1-3-4-5-19-6-10-21(11-7-19)27-25(29)17-32-24-15-14-23(16-18(24)2)33(30,31)28-22-12-8-20(26)9-13-22/h6-16,28H,3-5,17H2,1-2H3,(H,27,29). The van der Waals surface area contributed by atoms with Crippen LogP contribution >= 0.6 is 0 Å². The summed E-state index contributed by atoms with van der Waals surface area (Å²) in [6.45, 7) is 3.63. The van der Waals surface area contributed by atoms with E-state index in [9.17, 15) is 17.6 Å². The summed E-state index contributed by atoms with van der Waals surface area (Å²) in [5.41, 5.74) is 2.73. The van der Waals surface area contributed by atoms with Crippen molar-refractivity contribution >= 4 is 27.3 Å². The Hall–Kier alpha value is -3.39. The number of sulfonamides is 1. The number of hydrogen-bond acceptors (Lipinski definition) is 4. The summed E-state index contributed by atoms with van der Waals surface area (Å²) >= 11 is 0. The lowest BCUT2D eigenvalue weighted by Gasteiger charge is -2.12. The molecule has 8 heteroatoms. The van der Waals surface area contributed by atoms with Crippen molar-refractivity contribution in [1.29, 1.82) is 0 Å². The summed E-state index contributed by atoms with van der Waals surface area (Å²) in [4.78, 5) is 12.3. The van der Waals surface area contributed by atoms with Crippen LogP contribution in [0.15, 0.2) is 71.6 Å². The van der Waals surface area contributed by atoms with Crippen LogP contribution in [0.5, 0.6) is 5.75 Å². The van der Waals surface area contributed by atoms with E-state index in [1.54, 1.807) is 6.92 Å². The lowest BCUT2D eigenvalue weighted by atomic mass is 10.1. The number of benzene rings is 3. The molecule has 0 bridgehead atoms. The van der Waals surface area contributed by atoms with E-state index in [2.05, 4.69) is 17.0 Å². The second kappa shape index (κ2) is 11.0. The van der Waals surface area contributed by atoms with Crippen LogP contribution < -0.4 is 14.8 Å². The molecular formula is C25H27FN2O4S. The molecule has 0 aliphatic rings. The van der Waals surface area contributed by atoms with Gasteiger partial charge in [0, 0.05) is 11.4 Å². The van der Waals surface area contributed by atoms with Crippen molar-refractivity contribution in [3.8, 4) is 5.75 Å². The van der Waals surface area contributed by atoms with Crippen LogP contribution in [-0.2, 0) is 21.2 Å². The molecule has 33 heavy (non-hydrogen) atoms. The minimum absolute atomic E-state index is 0.0317. The second-order valence-electron chi connectivity index (χ2n) is 7.68. The fourth-order valence-corrected chi connectivity index (χ4v) is 4.30. The number of anilines is 2. The first-order valence-corrected chi connectivity index (χ1v) is 12.2. The van der Waals surface area contributed by atoms with Gasteiger partial charge in [-0.15, -0.1) is 0 Å². The maximum absolute atomic E-state index is 13.0. The zero-order valence-electron chi connectivity index (χ0n) is 18.6. The maximum atomic E-state index is 13.0. The Labute approximate surface area is 193 Å². The number of nitrogens with one attached hydrogen (secondary N) is 2. The largest absolute Gasteiger partial charge is 0.483 e. The predicted molar refractivity (Wildman–Crippen MR) is 128 cm³/mol. The number of aryl methyl sites for hydroxylation is 2. The van der Waals surface area contributed by atoms with Gasteiger partial charge in [0.15, 0.2) is 6.61 Å². The second-order valence-corrected chi connectivity index (χ2v) is 9.36. The zero-order chi connectivity index (χ0) is 23.8. The molecular weight excluding hydrogens is 443 g/mol. The van der Waals surface area contributed by atoms with Crippen LogP contribution in [0.2, 0.25) is 0 Å². The number of ether oxygens (including phenoxy) is 1. The minimum Gasteiger partial charge on any atom is -0.483 e. The van der Waals surface area contributed by atoms with Gasteiger partial charge in [0.1, 0.15) is 11.6 Å². The molecule has 3 aromatic rings. The van der Waals surface area contributed by atoms with Crippen molar-refractivity contribution in [2.24, 2.45) is 0 Å². The molecule has 0 saturated heterocycles. The van der Waals surface area contributed by atoms with Gasteiger partial charge in [-0.1, -0.05) is 25.5 Å². The summed E-state index contributed by atoms with van der Waals surface area (Å²) in [7, 11) is -3.85. The van der Waals surface area contributed by atoms with Crippen LogP contribution in [0.4, 0.5) is 15.8 Å². The van der Waals surface area contributed by atoms with E-state index in [1.807, 2.05) is 24.3 Å². The molecule has 174 valence electrons. The summed E-state index contributed by atoms with van der Waals surface area (Å²) in [6.07, 6.45) is 3.27. The topological polar surface area (TPSA) is 84.5 Å². The molecule has 2 N–H and O–H groups in total. The van der Waals surface area contributed by atoms with Gasteiger partial charge in [-0.2, -0.15) is 0 Å². The molecule has 0 radical (unpaired) electrons. The Morgan fingerprint density at radius 2 is 1.64 bits per heavy atom. The minimum atomic E-state index is -3.85. The highest BCUT2D eigenvalue weighted by molar-refractivity contribution is 7.92. The Morgan fingerprint density at radius 3 is 2.27 bits per heavy atom. The van der Waals surface area contributed by atoms with E-state index < -0.39 is 15.8 Å². The van der Waals surface area contributed by atoms with Crippen molar-refractivity contribution in [3.63, 3.8) is 0 Å². The molecule has 0 spiro atoms. The molecule has 0 atom stereocenters. The van der Waals surface area contributed by atoms with E-state index in [0.717, 1.165) is 19.3 Å². The number of hydrogen-bond donors (Lipinski definition) is 2. The molecule has 0 fully saturated rings. The highest BCUT2D eigenvalue weighted by Crippen LogP contribution is 2.24. The monoisotopic (exact) mass is 470 g/mol. The highest BCUT2D eigenvalue weighted by Gasteiger charge is 2.16. The van der Waals surface area contributed by atoms with Gasteiger partial charge in [0.05, 0.1) is 4.90 Å². The van der Waals surface area contributed by atoms with Gasteiger partial charge in [-0.25, -0.2) is 12.8 Å². The third kappa shape index (κ3) is 7.05. The first-order chi connectivity index (χ1) is 15.8. The van der Waals surface area contributed by atoms with Crippen molar-refractivity contribution < 1.29 is 22.3 Å². The molecule has 1 amide bonds. The van der Waals surface area contributed by atoms with E-state index in [1.165, 1.54) is 48.0 Å². The number of rotatable bonds is 10. The van der Waals surface area contributed by atoms with Gasteiger partial charge in [-0.05, 0) is 85.5 Å². The third-order valence-electron chi connectivity index (χ3n) is 4.97. The number of carbonyl (C=O) groups excluding carboxylic acids is 1. The van der Waals surface area contributed by atoms with Crippen LogP contribution in [0.1, 0.15) is 30.9 Å². The smallest absolute Gasteiger partial charge is 0.262 e. The number of unbranched alkanes of at least 4 members (excludes halogenated alkanes) is 1. The summed E-state index contributed by atoms with van der Waals surface area (Å²) < 4.78 is 46.2. The Kier molecular flexibility index (Phi) is 8.06. The fraction of sp³-hybridized carbons (Fsp3) is 0.240. The normalized spacial score (nSPS) is 11.1. The van der Waals surface area contributed by atoms with Crippen molar-refractivity contribution in [2.75, 3.05) is 16.6 Å². The zero-order valence-corrected chi connectivity index (χ0v) is 19.4. The van der Waals surface area contributed by atoms with Gasteiger partial charge >= 0.3 is 0 Å². The molecule has 0 aromatic heterocycles. The molecule has 0 aliphatic heterocycles. The fourth-order valence-electron chi connectivity index (χ4n) is 3.16. The quantitative estimate of drug-likeness (QED) is 0.421. The molecule has 0 aliphatic carbocycles. The van der Waals surface area contributed by atoms with Crippen LogP contribution in [0.3, 0.4) is 0 Å². The maximum Gasteiger partial charge on any atom is 0.262 e. The summed E-state index contributed by atoms with van der Waals surface area (Å²) in [6, 6.07) is 17.1. The van der Waals surface area contributed by atoms with Crippen LogP contribution in [-0.4, -0.2) is 20.9 Å². The van der Waals surface area contributed by atoms with Gasteiger partial charge in [-0.3, -0.25) is 9.52 Å². The van der Waals surface area contributed by atoms with Crippen LogP contribution in [0.25, 0.3) is 0 Å². The van der Waals surface area contributed by atoms with Crippen molar-refractivity contribution in [3.05, 3.63) is 83.7 Å². The Morgan fingerprint density at radius 1 is 0.970 bits per heavy atom. The predicted octanol–water partition coefficient (Wildman–Crippen LogP) is 5.30. The van der Waals surface area contributed by atoms with E-state index >= 15 is 0 Å². The van der Waals surface area contributed by atoms with Crippen molar-refractivity contribution in [1.82, 2.24) is 0 Å². The average Bonchev–Trinajstić information content (AvgIpc) is 2.79. The van der Waals surface area contributed by atoms with E-state index in [0.29, 0.717) is 17.0 Å². The molecule has 0 heterocycles. The Bertz CT molecular complexity index is 1190. The first-order valence-electron chi connectivity index (χ1n) is 10.7. The highest BCUT2D eigenvalue weighted by atomic mass is 32.2. The first kappa shape index (κ1) is 24.3. The summed E-state index contributed by atoms with van der Waals surface area (Å²) in [5, 5.41) is 2.79. The molecule has 6 nitrogen and oxygen atoms in total. The van der Waals surface area contributed by atoms with E-state index in [4.69, 9.17) is 4.74 Å². The van der Waals surface area contributed by atoms with Crippen LogP contribution in [0, 0.1) is 12.7 Å². The summed E-state index contributed by atoms with van der Waals surface area (Å²) in [5.74, 6) is -0.366. The average molecular weight is 471 g/mol. The van der Waals surface area contributed by atoms with E-state index in [-0.39, 0.29) is 23.1 Å². The SMILES string of the molecule is CCCCc1ccc(NC(=O)COc2ccc(S(=O)(=O)Nc3ccc(F)cc3)cc2C)cc1. The lowest BCUT2D eigenvalue weighted by Crippen LogP contribution is -2.20. The van der Waals surface area contributed by atoms with Gasteiger partial charge in [0.2, 0.25) is 0 Å². The Balaban J connectivity index is 1.57. The number of amides is 1. The van der Waals surface area contributed by atoms with Gasteiger partial charge in [0.25, 0.3) is 15.9 Å². The van der Waals surface area contributed by atoms with Gasteiger partial charge < -0.3 is 10.1 Å².